The third kappa shape index (κ3) is 25.5. The minimum Gasteiger partial charge on any atom is -0.382 e. The lowest BCUT2D eigenvalue weighted by atomic mass is 9.91. The van der Waals surface area contributed by atoms with Gasteiger partial charge in [-0.1, -0.05) is 72.8 Å². The number of ketones is 2. The van der Waals surface area contributed by atoms with Crippen LogP contribution in [0.15, 0.2) is 92.8 Å². The number of aliphatic imine (C=N–C) groups is 4. The highest BCUT2D eigenvalue weighted by Gasteiger charge is 2.36. The maximum absolute atomic E-state index is 15.0. The van der Waals surface area contributed by atoms with Gasteiger partial charge in [0.05, 0.1) is 6.04 Å². The summed E-state index contributed by atoms with van der Waals surface area (Å²) in [5.74, 6) is -7.73. The molecule has 3 aromatic rings. The first kappa shape index (κ1) is 67.6. The molecule has 4 rings (SSSR count). The van der Waals surface area contributed by atoms with Gasteiger partial charge in [-0.3, -0.25) is 58.3 Å². The summed E-state index contributed by atoms with van der Waals surface area (Å²) in [7, 11) is 0. The van der Waals surface area contributed by atoms with Crippen molar-refractivity contribution in [2.45, 2.75) is 139 Å². The number of amides is 6. The predicted octanol–water partition coefficient (Wildman–Crippen LogP) is -1.50. The second kappa shape index (κ2) is 36.6. The first-order valence-electron chi connectivity index (χ1n) is 28.4. The number of guanidine groups is 4. The highest BCUT2D eigenvalue weighted by atomic mass is 16.5. The van der Waals surface area contributed by atoms with Gasteiger partial charge in [0.25, 0.3) is 0 Å². The molecule has 0 bridgehead atoms. The number of hydrogen-bond acceptors (Lipinski definition) is 13. The first-order chi connectivity index (χ1) is 40.2. The van der Waals surface area contributed by atoms with Gasteiger partial charge in [-0.05, 0) is 93.0 Å². The summed E-state index contributed by atoms with van der Waals surface area (Å²) in [6.07, 6.45) is -0.101. The van der Waals surface area contributed by atoms with Crippen molar-refractivity contribution in [2.75, 3.05) is 39.4 Å². The van der Waals surface area contributed by atoms with Crippen LogP contribution in [0.3, 0.4) is 0 Å². The van der Waals surface area contributed by atoms with Crippen molar-refractivity contribution in [3.63, 3.8) is 0 Å². The molecular weight excluding hydrogens is 1080 g/mol. The fraction of sp³-hybridized carbons (Fsp3) is 0.509. The number of carbonyl (C=O) groups excluding carboxylic acids is 8. The van der Waals surface area contributed by atoms with Crippen molar-refractivity contribution < 1.29 is 43.1 Å². The minimum atomic E-state index is -1.45. The number of nitrogens with one attached hydrogen (secondary N) is 6. The number of nitrogens with two attached hydrogens (primary N) is 8. The monoisotopic (exact) mass is 1170 g/mol. The highest BCUT2D eigenvalue weighted by Crippen LogP contribution is 2.20. The van der Waals surface area contributed by atoms with Crippen molar-refractivity contribution in [2.24, 2.45) is 71.8 Å². The van der Waals surface area contributed by atoms with Crippen LogP contribution in [-0.2, 0) is 55.9 Å². The Morgan fingerprint density at radius 2 is 0.869 bits per heavy atom. The molecule has 1 saturated heterocycles. The van der Waals surface area contributed by atoms with Gasteiger partial charge in [0.15, 0.2) is 29.6 Å². The summed E-state index contributed by atoms with van der Waals surface area (Å²) in [5.41, 5.74) is 46.2. The van der Waals surface area contributed by atoms with E-state index in [1.54, 1.807) is 36.4 Å². The van der Waals surface area contributed by atoms with Crippen molar-refractivity contribution >= 4 is 81.6 Å². The molecule has 0 unspecified atom stereocenters. The van der Waals surface area contributed by atoms with Gasteiger partial charge in [0, 0.05) is 77.4 Å². The van der Waals surface area contributed by atoms with Gasteiger partial charge in [-0.25, -0.2) is 0 Å². The van der Waals surface area contributed by atoms with Crippen LogP contribution in [0.4, 0.5) is 0 Å². The van der Waals surface area contributed by atoms with Crippen LogP contribution in [0.1, 0.15) is 102 Å². The third-order valence-electron chi connectivity index (χ3n) is 13.7. The molecule has 22 N–H and O–H groups in total. The normalized spacial score (nSPS) is 20.3. The van der Waals surface area contributed by atoms with Crippen LogP contribution >= 0.6 is 0 Å². The molecular formula is C57H86N18O9. The van der Waals surface area contributed by atoms with Crippen LogP contribution in [0.5, 0.6) is 0 Å². The van der Waals surface area contributed by atoms with E-state index in [1.165, 1.54) is 0 Å². The molecule has 0 spiro atoms. The molecule has 1 fully saturated rings. The van der Waals surface area contributed by atoms with Crippen LogP contribution in [0, 0.1) is 5.92 Å². The molecule has 3 aromatic carbocycles. The Balaban J connectivity index is 1.94. The van der Waals surface area contributed by atoms with E-state index >= 15 is 4.79 Å². The molecule has 7 atom stereocenters. The van der Waals surface area contributed by atoms with E-state index in [1.807, 2.05) is 43.3 Å². The predicted molar refractivity (Wildman–Crippen MR) is 322 cm³/mol. The Bertz CT molecular complexity index is 2780. The van der Waals surface area contributed by atoms with Crippen LogP contribution in [0.2, 0.25) is 0 Å². The average Bonchev–Trinajstić information content (AvgIpc) is 3.66. The number of nitrogens with zero attached hydrogens (tertiary/aromatic N) is 4. The van der Waals surface area contributed by atoms with E-state index in [0.717, 1.165) is 10.8 Å². The lowest BCUT2D eigenvalue weighted by molar-refractivity contribution is -0.136. The molecule has 27 nitrogen and oxygen atoms in total. The number of carbonyl (C=O) groups is 8. The van der Waals surface area contributed by atoms with E-state index in [2.05, 4.69) is 51.9 Å². The summed E-state index contributed by atoms with van der Waals surface area (Å²) < 4.78 is 5.42. The fourth-order valence-corrected chi connectivity index (χ4v) is 9.35. The Kier molecular flexibility index (Phi) is 29.4. The maximum atomic E-state index is 15.0. The van der Waals surface area contributed by atoms with Gasteiger partial charge in [0.2, 0.25) is 35.4 Å². The Morgan fingerprint density at radius 1 is 0.452 bits per heavy atom. The van der Waals surface area contributed by atoms with Crippen LogP contribution in [-0.4, -0.2) is 146 Å². The minimum absolute atomic E-state index is 0.000425. The van der Waals surface area contributed by atoms with Crippen LogP contribution in [0.25, 0.3) is 10.8 Å². The Hall–Kier alpha value is -8.88. The molecule has 458 valence electrons. The topological polar surface area (TPSA) is 476 Å². The number of benzene rings is 3. The highest BCUT2D eigenvalue weighted by molar-refractivity contribution is 5.99. The van der Waals surface area contributed by atoms with Crippen LogP contribution < -0.4 is 77.8 Å². The zero-order chi connectivity index (χ0) is 61.4. The quantitative estimate of drug-likeness (QED) is 0.0224. The van der Waals surface area contributed by atoms with E-state index in [9.17, 15) is 33.6 Å². The smallest absolute Gasteiger partial charge is 0.243 e. The molecule has 84 heavy (non-hydrogen) atoms. The first-order valence-corrected chi connectivity index (χ1v) is 28.4. The second-order valence-corrected chi connectivity index (χ2v) is 20.5. The SMILES string of the molecule is CCOCCCC(=O)CC[C@@H]1NC(=O)[C@@H](CCCN=C(N)N)CC(=O)[C@H](CCCN=C(N)N)NC(=O)[C@@H](CCCN=C(N)N)NC(=O)[C@H](CCCN=C(N)N)NC(=O)[C@H](Cc2ccc3ccccc3c2)NC(=O)[C@@H](Cc2ccccc2)NC1=O. The van der Waals surface area contributed by atoms with Gasteiger partial charge >= 0.3 is 0 Å². The average molecular weight is 1170 g/mol. The van der Waals surface area contributed by atoms with E-state index in [4.69, 9.17) is 50.6 Å². The lowest BCUT2D eigenvalue weighted by Crippen LogP contribution is -2.60. The van der Waals surface area contributed by atoms with Crippen molar-refractivity contribution in [3.05, 3.63) is 83.9 Å². The Morgan fingerprint density at radius 3 is 1.38 bits per heavy atom. The zero-order valence-corrected chi connectivity index (χ0v) is 47.9. The van der Waals surface area contributed by atoms with Gasteiger partial charge in [-0.15, -0.1) is 0 Å². The lowest BCUT2D eigenvalue weighted by Gasteiger charge is -2.28. The number of Topliss-reactive ketones (excluding diaryl/α,β-unsaturated/α-hetero) is 2. The molecule has 6 amide bonds. The van der Waals surface area contributed by atoms with E-state index in [-0.39, 0.29) is 139 Å². The molecule has 0 aromatic heterocycles. The summed E-state index contributed by atoms with van der Waals surface area (Å²) >= 11 is 0. The van der Waals surface area contributed by atoms with Crippen molar-refractivity contribution in [3.8, 4) is 0 Å². The number of ether oxygens (including phenoxy) is 1. The fourth-order valence-electron chi connectivity index (χ4n) is 9.35. The summed E-state index contributed by atoms with van der Waals surface area (Å²) in [6.45, 7) is 2.81. The van der Waals surface area contributed by atoms with Gasteiger partial charge in [-0.2, -0.15) is 0 Å². The molecule has 0 radical (unpaired) electrons. The summed E-state index contributed by atoms with van der Waals surface area (Å²) in [4.78, 5) is 133. The molecule has 1 heterocycles. The Labute approximate surface area is 489 Å². The standard InChI is InChI=1S/C57H86N18O9/c1-2-84-30-12-18-40(76)24-25-44-51(81)74-45(32-35-13-4-3-5-14-35)53(83)75-46(33-36-22-23-37-15-6-7-16-38(37)31-36)52(82)73-43(21-11-29-69-57(64)65)50(80)72-42(20-10-28-68-56(62)63)49(79)70-41(19-9-27-67-55(60)61)47(77)34-39(48(78)71-44)17-8-26-66-54(58)59/h3-7,13-16,22-23,31,39,41-46H,2,8-12,17-21,24-30,32-34H2,1H3,(H,70,79)(H,71,78)(H,72,80)(H,73,82)(H,74,81)(H,75,83)(H4,58,59,66)(H4,60,61,67)(H4,62,63,68)(H4,64,65,69)/t39-,41-,42+,43-,44-,45+,46-/m0/s1. The molecule has 0 aliphatic carbocycles. The van der Waals surface area contributed by atoms with Crippen molar-refractivity contribution in [1.82, 2.24) is 31.9 Å². The largest absolute Gasteiger partial charge is 0.382 e. The molecule has 0 saturated carbocycles. The number of fused-ring (bicyclic) bond motifs is 1. The van der Waals surface area contributed by atoms with Gasteiger partial charge < -0.3 is 82.5 Å². The number of hydrogen-bond donors (Lipinski definition) is 14. The molecule has 1 aliphatic rings. The van der Waals surface area contributed by atoms with Gasteiger partial charge in [0.1, 0.15) is 36.0 Å². The number of rotatable bonds is 28. The molecule has 1 aliphatic heterocycles. The molecule has 27 heteroatoms. The maximum Gasteiger partial charge on any atom is 0.243 e. The third-order valence-corrected chi connectivity index (χ3v) is 13.7. The van der Waals surface area contributed by atoms with Crippen molar-refractivity contribution in [1.29, 1.82) is 0 Å². The van der Waals surface area contributed by atoms with E-state index < -0.39 is 89.8 Å². The van der Waals surface area contributed by atoms with E-state index in [0.29, 0.717) is 30.8 Å². The summed E-state index contributed by atoms with van der Waals surface area (Å²) in [5, 5.41) is 18.6. The summed E-state index contributed by atoms with van der Waals surface area (Å²) in [6, 6.07) is 13.5. The zero-order valence-electron chi connectivity index (χ0n) is 47.9. The second-order valence-electron chi connectivity index (χ2n) is 20.5.